The Kier molecular flexibility index (Phi) is 7.19. The lowest BCUT2D eigenvalue weighted by molar-refractivity contribution is -0.146. The summed E-state index contributed by atoms with van der Waals surface area (Å²) >= 11 is 0. The second-order valence-electron chi connectivity index (χ2n) is 10.9. The van der Waals surface area contributed by atoms with E-state index in [1.807, 2.05) is 0 Å². The summed E-state index contributed by atoms with van der Waals surface area (Å²) in [6, 6.07) is 8.12. The number of carbonyl (C=O) groups excluding carboxylic acids is 2. The molecular formula is C30H23F6N5O3. The highest BCUT2D eigenvalue weighted by Gasteiger charge is 2.58. The number of primary amides is 1. The number of nitrogens with two attached hydrogens (primary N) is 1. The van der Waals surface area contributed by atoms with E-state index >= 15 is 0 Å². The number of aliphatic hydroxyl groups excluding tert-OH is 1. The second kappa shape index (κ2) is 10.8. The second-order valence-corrected chi connectivity index (χ2v) is 10.9. The van der Waals surface area contributed by atoms with Crippen LogP contribution in [0.3, 0.4) is 0 Å². The average molecular weight is 616 g/mol. The van der Waals surface area contributed by atoms with Gasteiger partial charge >= 0.3 is 6.18 Å². The Hall–Kier alpha value is -4.72. The molecule has 44 heavy (non-hydrogen) atoms. The minimum absolute atomic E-state index is 0.0956. The number of aromatic nitrogens is 3. The van der Waals surface area contributed by atoms with Gasteiger partial charge in [0.25, 0.3) is 5.91 Å². The minimum Gasteiger partial charge on any atom is -0.388 e. The van der Waals surface area contributed by atoms with E-state index in [2.05, 4.69) is 15.4 Å². The highest BCUT2D eigenvalue weighted by molar-refractivity contribution is 5.94. The fourth-order valence-corrected chi connectivity index (χ4v) is 5.94. The molecule has 0 radical (unpaired) electrons. The summed E-state index contributed by atoms with van der Waals surface area (Å²) in [6.45, 7) is -0.884. The highest BCUT2D eigenvalue weighted by atomic mass is 19.4. The van der Waals surface area contributed by atoms with Gasteiger partial charge in [0.1, 0.15) is 29.7 Å². The Morgan fingerprint density at radius 3 is 2.50 bits per heavy atom. The average Bonchev–Trinajstić information content (AvgIpc) is 3.57. The molecule has 2 aromatic heterocycles. The molecule has 14 heteroatoms. The van der Waals surface area contributed by atoms with Crippen LogP contribution < -0.4 is 11.1 Å². The number of nitrogens with one attached hydrogen (secondary N) is 1. The van der Waals surface area contributed by atoms with Crippen molar-refractivity contribution in [3.63, 3.8) is 0 Å². The number of halogens is 6. The quantitative estimate of drug-likeness (QED) is 0.248. The summed E-state index contributed by atoms with van der Waals surface area (Å²) < 4.78 is 85.2. The van der Waals surface area contributed by atoms with Crippen molar-refractivity contribution in [2.45, 2.75) is 43.6 Å². The first kappa shape index (κ1) is 29.4. The highest BCUT2D eigenvalue weighted by Crippen LogP contribution is 2.63. The first-order valence-electron chi connectivity index (χ1n) is 13.5. The molecule has 0 bridgehead atoms. The van der Waals surface area contributed by atoms with Crippen molar-refractivity contribution >= 4 is 11.8 Å². The van der Waals surface area contributed by atoms with Gasteiger partial charge in [-0.2, -0.15) is 18.3 Å². The van der Waals surface area contributed by atoms with Crippen LogP contribution in [0.4, 0.5) is 26.3 Å². The van der Waals surface area contributed by atoms with Crippen molar-refractivity contribution in [3.05, 3.63) is 106 Å². The molecule has 2 amide bonds. The van der Waals surface area contributed by atoms with Crippen molar-refractivity contribution < 1.29 is 41.0 Å². The van der Waals surface area contributed by atoms with Crippen molar-refractivity contribution in [2.24, 2.45) is 11.7 Å². The van der Waals surface area contributed by atoms with E-state index in [0.29, 0.717) is 17.2 Å². The Morgan fingerprint density at radius 1 is 1.09 bits per heavy atom. The van der Waals surface area contributed by atoms with Crippen LogP contribution in [-0.4, -0.2) is 31.7 Å². The Bertz CT molecular complexity index is 1790. The maximum absolute atomic E-state index is 14.2. The van der Waals surface area contributed by atoms with Gasteiger partial charge in [-0.25, -0.2) is 13.2 Å². The molecule has 0 aliphatic heterocycles. The Balaban J connectivity index is 1.37. The zero-order chi connectivity index (χ0) is 31.5. The lowest BCUT2D eigenvalue weighted by Gasteiger charge is -2.22. The van der Waals surface area contributed by atoms with Gasteiger partial charge in [0.05, 0.1) is 29.1 Å². The van der Waals surface area contributed by atoms with Crippen LogP contribution in [0.1, 0.15) is 63.1 Å². The predicted octanol–water partition coefficient (Wildman–Crippen LogP) is 4.73. The molecule has 2 aliphatic rings. The molecule has 6 rings (SSSR count). The van der Waals surface area contributed by atoms with E-state index in [9.17, 15) is 41.0 Å². The van der Waals surface area contributed by atoms with Crippen molar-refractivity contribution in [1.29, 1.82) is 0 Å². The molecule has 2 heterocycles. The number of nitrogens with zero attached hydrogens (tertiary/aromatic N) is 3. The number of pyridine rings is 1. The number of hydrogen-bond donors (Lipinski definition) is 3. The third kappa shape index (κ3) is 5.41. The van der Waals surface area contributed by atoms with E-state index in [4.69, 9.17) is 5.73 Å². The van der Waals surface area contributed by atoms with Gasteiger partial charge in [-0.15, -0.1) is 0 Å². The molecular weight excluding hydrogens is 592 g/mol. The first-order chi connectivity index (χ1) is 20.8. The smallest absolute Gasteiger partial charge is 0.388 e. The fourth-order valence-electron chi connectivity index (χ4n) is 5.94. The van der Waals surface area contributed by atoms with E-state index < -0.39 is 65.4 Å². The molecule has 3 unspecified atom stereocenters. The van der Waals surface area contributed by atoms with Crippen LogP contribution in [0.2, 0.25) is 0 Å². The monoisotopic (exact) mass is 615 g/mol. The number of alkyl halides is 3. The number of aliphatic hydroxyl groups is 1. The zero-order valence-corrected chi connectivity index (χ0v) is 22.6. The summed E-state index contributed by atoms with van der Waals surface area (Å²) in [4.78, 5) is 29.5. The van der Waals surface area contributed by atoms with Gasteiger partial charge in [0.2, 0.25) is 5.91 Å². The Labute approximate surface area is 245 Å². The summed E-state index contributed by atoms with van der Waals surface area (Å²) in [7, 11) is 0. The number of fused-ring (bicyclic) bond motifs is 3. The number of carbonyl (C=O) groups is 2. The van der Waals surface area contributed by atoms with E-state index in [1.54, 1.807) is 6.07 Å². The van der Waals surface area contributed by atoms with Crippen LogP contribution in [-0.2, 0) is 23.9 Å². The van der Waals surface area contributed by atoms with Crippen molar-refractivity contribution in [3.8, 4) is 11.1 Å². The van der Waals surface area contributed by atoms with Crippen LogP contribution in [0.5, 0.6) is 0 Å². The number of benzene rings is 2. The SMILES string of the molecule is NC(=O)c1cc(-c2cccnc2[C@H](Cc2cc(F)cc(F)c2)NC(=O)Cn2nc3c(c2C(F)(F)F)C(O)C2CC32)ccc1F. The van der Waals surface area contributed by atoms with Crippen LogP contribution >= 0.6 is 0 Å². The largest absolute Gasteiger partial charge is 0.433 e. The molecule has 2 aliphatic carbocycles. The number of rotatable bonds is 8. The zero-order valence-electron chi connectivity index (χ0n) is 22.6. The van der Waals surface area contributed by atoms with Gasteiger partial charge in [0.15, 0.2) is 0 Å². The van der Waals surface area contributed by atoms with Crippen molar-refractivity contribution in [2.75, 3.05) is 0 Å². The maximum Gasteiger partial charge on any atom is 0.433 e. The maximum atomic E-state index is 14.2. The van der Waals surface area contributed by atoms with Gasteiger partial charge in [-0.05, 0) is 60.2 Å². The van der Waals surface area contributed by atoms with E-state index in [0.717, 1.165) is 18.2 Å². The molecule has 4 N–H and O–H groups in total. The molecule has 228 valence electrons. The predicted molar refractivity (Wildman–Crippen MR) is 142 cm³/mol. The van der Waals surface area contributed by atoms with E-state index in [1.165, 1.54) is 24.4 Å². The Morgan fingerprint density at radius 2 is 1.82 bits per heavy atom. The van der Waals surface area contributed by atoms with Crippen LogP contribution in [0, 0.1) is 23.4 Å². The number of hydrogen-bond acceptors (Lipinski definition) is 5. The minimum atomic E-state index is -4.91. The fraction of sp³-hybridized carbons (Fsp3) is 0.267. The van der Waals surface area contributed by atoms with Gasteiger partial charge in [0, 0.05) is 29.3 Å². The third-order valence-corrected chi connectivity index (χ3v) is 7.88. The standard InChI is InChI=1S/C30H23F6N5O3/c31-15-6-13(7-16(32)10-15)8-22(25-17(2-1-5-38-25)14-3-4-21(33)20(9-14)29(37)44)39-23(42)12-41-28(30(34,35)36)24-26(40-41)18-11-19(18)27(24)43/h1-7,9-10,18-19,22,27,43H,8,11-12H2,(H2,37,44)(H,39,42)/t18?,19?,22-,27?/m0/s1. The number of amides is 2. The molecule has 2 aromatic carbocycles. The van der Waals surface area contributed by atoms with Gasteiger partial charge in [-0.1, -0.05) is 12.1 Å². The first-order valence-corrected chi connectivity index (χ1v) is 13.5. The summed E-state index contributed by atoms with van der Waals surface area (Å²) in [5.41, 5.74) is 4.21. The molecule has 0 spiro atoms. The van der Waals surface area contributed by atoms with Crippen LogP contribution in [0.25, 0.3) is 11.1 Å². The molecule has 1 saturated carbocycles. The summed E-state index contributed by atoms with van der Waals surface area (Å²) in [5.74, 6) is -5.27. The third-order valence-electron chi connectivity index (χ3n) is 7.88. The molecule has 1 fully saturated rings. The normalized spacial score (nSPS) is 19.3. The topological polar surface area (TPSA) is 123 Å². The van der Waals surface area contributed by atoms with Crippen LogP contribution in [0.15, 0.2) is 54.7 Å². The van der Waals surface area contributed by atoms with Gasteiger partial charge < -0.3 is 16.2 Å². The molecule has 0 saturated heterocycles. The summed E-state index contributed by atoms with van der Waals surface area (Å²) in [5, 5.41) is 17.1. The lowest BCUT2D eigenvalue weighted by atomic mass is 9.94. The molecule has 8 nitrogen and oxygen atoms in total. The summed E-state index contributed by atoms with van der Waals surface area (Å²) in [6.07, 6.45) is -4.64. The van der Waals surface area contributed by atoms with Crippen molar-refractivity contribution in [1.82, 2.24) is 20.1 Å². The lowest BCUT2D eigenvalue weighted by Crippen LogP contribution is -2.35. The molecule has 4 atom stereocenters. The van der Waals surface area contributed by atoms with Gasteiger partial charge in [-0.3, -0.25) is 19.3 Å². The van der Waals surface area contributed by atoms with E-state index in [-0.39, 0.29) is 51.9 Å². The molecule has 4 aromatic rings.